The normalized spacial score (nSPS) is 14.7. The highest BCUT2D eigenvalue weighted by Gasteiger charge is 2.18. The number of benzene rings is 1. The van der Waals surface area contributed by atoms with Crippen molar-refractivity contribution in [3.63, 3.8) is 0 Å². The highest BCUT2D eigenvalue weighted by Crippen LogP contribution is 2.23. The number of hydrogen-bond donors (Lipinski definition) is 3. The molecule has 0 unspecified atom stereocenters. The van der Waals surface area contributed by atoms with Gasteiger partial charge in [0.05, 0.1) is 0 Å². The van der Waals surface area contributed by atoms with E-state index in [1.54, 1.807) is 24.3 Å². The van der Waals surface area contributed by atoms with Crippen LogP contribution in [0.4, 0.5) is 17.5 Å². The van der Waals surface area contributed by atoms with E-state index < -0.39 is 5.91 Å². The van der Waals surface area contributed by atoms with Crippen molar-refractivity contribution < 1.29 is 9.52 Å². The van der Waals surface area contributed by atoms with Crippen LogP contribution in [0.3, 0.4) is 0 Å². The Labute approximate surface area is 161 Å². The standard InChI is InChI=1S/C19H21N7O2/c20-17(27)16-18(23-19(25-24-16)22-13-6-2-1-3-7-13)21-14-8-9-15-12(11-14)5-4-10-26(15)28/h4-5,8-11,13H,1-3,6-7H2,(H2,20,27)(H2,21,22,23,25). The summed E-state index contributed by atoms with van der Waals surface area (Å²) < 4.78 is 0.798. The van der Waals surface area contributed by atoms with Crippen LogP contribution in [0.2, 0.25) is 0 Å². The van der Waals surface area contributed by atoms with Gasteiger partial charge in [0.1, 0.15) is 0 Å². The number of primary amides is 1. The van der Waals surface area contributed by atoms with Crippen molar-refractivity contribution >= 4 is 34.3 Å². The molecule has 144 valence electrons. The number of carbonyl (C=O) groups excluding carboxylic acids is 1. The van der Waals surface area contributed by atoms with Gasteiger partial charge in [0.15, 0.2) is 17.7 Å². The third-order valence-electron chi connectivity index (χ3n) is 4.88. The number of amides is 1. The van der Waals surface area contributed by atoms with Gasteiger partial charge in [0.25, 0.3) is 5.91 Å². The molecular formula is C19H21N7O2. The van der Waals surface area contributed by atoms with E-state index in [2.05, 4.69) is 25.8 Å². The second-order valence-electron chi connectivity index (χ2n) is 6.91. The minimum atomic E-state index is -0.718. The topological polar surface area (TPSA) is 133 Å². The summed E-state index contributed by atoms with van der Waals surface area (Å²) >= 11 is 0. The van der Waals surface area contributed by atoms with Gasteiger partial charge in [-0.15, -0.1) is 10.2 Å². The van der Waals surface area contributed by atoms with E-state index in [0.717, 1.165) is 23.0 Å². The summed E-state index contributed by atoms with van der Waals surface area (Å²) in [5.74, 6) is -0.131. The van der Waals surface area contributed by atoms with E-state index in [9.17, 15) is 10.0 Å². The Kier molecular flexibility index (Phi) is 4.88. The Morgan fingerprint density at radius 2 is 2.00 bits per heavy atom. The molecule has 0 saturated heterocycles. The molecule has 0 bridgehead atoms. The van der Waals surface area contributed by atoms with Gasteiger partial charge in [-0.25, -0.2) is 0 Å². The molecule has 1 aliphatic rings. The van der Waals surface area contributed by atoms with Gasteiger partial charge in [-0.2, -0.15) is 9.71 Å². The van der Waals surface area contributed by atoms with Crippen LogP contribution in [0.25, 0.3) is 10.9 Å². The summed E-state index contributed by atoms with van der Waals surface area (Å²) in [6, 6.07) is 9.04. The molecule has 9 heteroatoms. The fourth-order valence-corrected chi connectivity index (χ4v) is 3.48. The predicted octanol–water partition coefficient (Wildman–Crippen LogP) is 2.25. The maximum atomic E-state index is 11.8. The fourth-order valence-electron chi connectivity index (χ4n) is 3.48. The molecule has 1 saturated carbocycles. The zero-order valence-electron chi connectivity index (χ0n) is 15.3. The summed E-state index contributed by atoms with van der Waals surface area (Å²) in [5.41, 5.74) is 6.59. The lowest BCUT2D eigenvalue weighted by molar-refractivity contribution is -0.577. The molecule has 2 heterocycles. The van der Waals surface area contributed by atoms with Crippen LogP contribution in [0, 0.1) is 5.21 Å². The van der Waals surface area contributed by atoms with Gasteiger partial charge in [-0.1, -0.05) is 19.3 Å². The van der Waals surface area contributed by atoms with Gasteiger partial charge in [0.2, 0.25) is 11.5 Å². The summed E-state index contributed by atoms with van der Waals surface area (Å²) in [5, 5.41) is 26.9. The first-order chi connectivity index (χ1) is 13.6. The van der Waals surface area contributed by atoms with Gasteiger partial charge < -0.3 is 21.6 Å². The highest BCUT2D eigenvalue weighted by molar-refractivity contribution is 5.96. The molecule has 0 aliphatic heterocycles. The fraction of sp³-hybridized carbons (Fsp3) is 0.316. The molecule has 4 rings (SSSR count). The van der Waals surface area contributed by atoms with Crippen molar-refractivity contribution in [1.29, 1.82) is 0 Å². The molecule has 2 aromatic heterocycles. The van der Waals surface area contributed by atoms with Crippen molar-refractivity contribution in [2.75, 3.05) is 10.6 Å². The average Bonchev–Trinajstić information content (AvgIpc) is 2.69. The van der Waals surface area contributed by atoms with Crippen LogP contribution in [-0.2, 0) is 0 Å². The van der Waals surface area contributed by atoms with Crippen LogP contribution in [0.5, 0.6) is 0 Å². The first-order valence-electron chi connectivity index (χ1n) is 9.30. The van der Waals surface area contributed by atoms with E-state index >= 15 is 0 Å². The maximum Gasteiger partial charge on any atom is 0.273 e. The number of pyridine rings is 1. The van der Waals surface area contributed by atoms with Crippen LogP contribution >= 0.6 is 0 Å². The lowest BCUT2D eigenvalue weighted by Crippen LogP contribution is -2.25. The minimum Gasteiger partial charge on any atom is -0.618 e. The van der Waals surface area contributed by atoms with Gasteiger partial charge >= 0.3 is 0 Å². The van der Waals surface area contributed by atoms with E-state index in [4.69, 9.17) is 5.73 Å². The summed E-state index contributed by atoms with van der Waals surface area (Å²) in [6.07, 6.45) is 7.15. The third kappa shape index (κ3) is 3.78. The Balaban J connectivity index is 1.63. The summed E-state index contributed by atoms with van der Waals surface area (Å²) in [6.45, 7) is 0. The number of aromatic nitrogens is 4. The van der Waals surface area contributed by atoms with E-state index in [0.29, 0.717) is 23.2 Å². The number of anilines is 3. The number of nitrogens with one attached hydrogen (secondary N) is 2. The zero-order chi connectivity index (χ0) is 19.5. The lowest BCUT2D eigenvalue weighted by Gasteiger charge is -2.22. The smallest absolute Gasteiger partial charge is 0.273 e. The molecule has 4 N–H and O–H groups in total. The quantitative estimate of drug-likeness (QED) is 0.457. The molecule has 1 aromatic carbocycles. The Morgan fingerprint density at radius 3 is 2.79 bits per heavy atom. The number of hydrogen-bond acceptors (Lipinski definition) is 7. The SMILES string of the molecule is NC(=O)c1nnc(NC2CCCCC2)nc1Nc1ccc2c(ccc[n+]2[O-])c1. The van der Waals surface area contributed by atoms with Crippen LogP contribution < -0.4 is 21.1 Å². The Hall–Kier alpha value is -3.49. The molecule has 9 nitrogen and oxygen atoms in total. The van der Waals surface area contributed by atoms with Gasteiger partial charge in [-0.05, 0) is 31.0 Å². The second kappa shape index (κ2) is 7.63. The number of nitrogens with two attached hydrogens (primary N) is 1. The summed E-state index contributed by atoms with van der Waals surface area (Å²) in [7, 11) is 0. The molecule has 0 atom stereocenters. The van der Waals surface area contributed by atoms with Crippen molar-refractivity contribution in [3.8, 4) is 0 Å². The predicted molar refractivity (Wildman–Crippen MR) is 105 cm³/mol. The number of rotatable bonds is 5. The van der Waals surface area contributed by atoms with E-state index in [-0.39, 0.29) is 11.5 Å². The first kappa shape index (κ1) is 17.9. The average molecular weight is 379 g/mol. The van der Waals surface area contributed by atoms with E-state index in [1.165, 1.54) is 25.5 Å². The van der Waals surface area contributed by atoms with Crippen LogP contribution in [0.1, 0.15) is 42.6 Å². The number of nitrogens with zero attached hydrogens (tertiary/aromatic N) is 4. The van der Waals surface area contributed by atoms with Crippen LogP contribution in [-0.4, -0.2) is 27.1 Å². The molecule has 1 fully saturated rings. The first-order valence-corrected chi connectivity index (χ1v) is 9.30. The minimum absolute atomic E-state index is 0.0405. The molecular weight excluding hydrogens is 358 g/mol. The zero-order valence-corrected chi connectivity index (χ0v) is 15.3. The largest absolute Gasteiger partial charge is 0.618 e. The highest BCUT2D eigenvalue weighted by atomic mass is 16.5. The molecule has 3 aromatic rings. The number of fused-ring (bicyclic) bond motifs is 1. The van der Waals surface area contributed by atoms with Crippen molar-refractivity contribution in [3.05, 3.63) is 47.4 Å². The van der Waals surface area contributed by atoms with Crippen molar-refractivity contribution in [1.82, 2.24) is 15.2 Å². The van der Waals surface area contributed by atoms with Crippen molar-refractivity contribution in [2.24, 2.45) is 5.73 Å². The van der Waals surface area contributed by atoms with Crippen LogP contribution in [0.15, 0.2) is 36.5 Å². The monoisotopic (exact) mass is 379 g/mol. The van der Waals surface area contributed by atoms with E-state index in [1.807, 2.05) is 6.07 Å². The Morgan fingerprint density at radius 1 is 1.18 bits per heavy atom. The third-order valence-corrected chi connectivity index (χ3v) is 4.88. The molecule has 0 spiro atoms. The van der Waals surface area contributed by atoms with Gasteiger partial charge in [-0.3, -0.25) is 4.79 Å². The van der Waals surface area contributed by atoms with Gasteiger partial charge in [0, 0.05) is 29.2 Å². The molecule has 1 aliphatic carbocycles. The summed E-state index contributed by atoms with van der Waals surface area (Å²) in [4.78, 5) is 16.2. The molecule has 1 amide bonds. The van der Waals surface area contributed by atoms with Crippen molar-refractivity contribution in [2.45, 2.75) is 38.1 Å². The Bertz CT molecular complexity index is 1020. The second-order valence-corrected chi connectivity index (χ2v) is 6.91. The number of carbonyl (C=O) groups is 1. The molecule has 28 heavy (non-hydrogen) atoms. The maximum absolute atomic E-state index is 11.8. The lowest BCUT2D eigenvalue weighted by atomic mass is 9.96. The molecule has 0 radical (unpaired) electrons.